The third-order valence-corrected chi connectivity index (χ3v) is 6.35. The monoisotopic (exact) mass is 248 g/mol. The van der Waals surface area contributed by atoms with Crippen LogP contribution in [-0.4, -0.2) is 44.8 Å². The predicted octanol–water partition coefficient (Wildman–Crippen LogP) is 1.15. The van der Waals surface area contributed by atoms with Crippen LogP contribution in [-0.2, 0) is 19.3 Å². The van der Waals surface area contributed by atoms with E-state index in [1.54, 1.807) is 0 Å². The van der Waals surface area contributed by atoms with Crippen LogP contribution in [0.15, 0.2) is 0 Å². The maximum Gasteiger partial charge on any atom is 0.165 e. The zero-order chi connectivity index (χ0) is 11.6. The second kappa shape index (κ2) is 4.63. The Balaban J connectivity index is 1.87. The Morgan fingerprint density at radius 3 is 2.50 bits per heavy atom. The molecule has 0 aromatic heterocycles. The first-order chi connectivity index (χ1) is 7.62. The van der Waals surface area contributed by atoms with Crippen molar-refractivity contribution in [1.29, 1.82) is 0 Å². The van der Waals surface area contributed by atoms with Crippen molar-refractivity contribution in [2.45, 2.75) is 42.6 Å². The fourth-order valence-electron chi connectivity index (χ4n) is 1.90. The first-order valence-electron chi connectivity index (χ1n) is 6.01. The summed E-state index contributed by atoms with van der Waals surface area (Å²) >= 11 is 0. The first-order valence-corrected chi connectivity index (χ1v) is 7.56. The summed E-state index contributed by atoms with van der Waals surface area (Å²) in [4.78, 5) is 0. The number of unbranched alkanes of at least 4 members (excludes halogenated alkanes) is 1. The van der Waals surface area contributed by atoms with Crippen LogP contribution in [0.3, 0.4) is 0 Å². The van der Waals surface area contributed by atoms with Crippen molar-refractivity contribution in [1.82, 2.24) is 0 Å². The second-order valence-electron chi connectivity index (χ2n) is 4.79. The van der Waals surface area contributed by atoms with Crippen LogP contribution < -0.4 is 0 Å². The third kappa shape index (κ3) is 2.13. The van der Waals surface area contributed by atoms with Crippen molar-refractivity contribution in [2.24, 2.45) is 0 Å². The summed E-state index contributed by atoms with van der Waals surface area (Å²) in [7, 11) is -3.03. The van der Waals surface area contributed by atoms with Gasteiger partial charge in [0.1, 0.15) is 5.25 Å². The van der Waals surface area contributed by atoms with Crippen molar-refractivity contribution in [3.05, 3.63) is 0 Å². The van der Waals surface area contributed by atoms with Crippen molar-refractivity contribution in [2.75, 3.05) is 26.4 Å². The summed E-state index contributed by atoms with van der Waals surface area (Å²) in [6.07, 6.45) is 3.61. The lowest BCUT2D eigenvalue weighted by Crippen LogP contribution is -2.47. The normalized spacial score (nSPS) is 24.1. The Bertz CT molecular complexity index is 328. The zero-order valence-corrected chi connectivity index (χ0v) is 10.6. The molecule has 94 valence electrons. The van der Waals surface area contributed by atoms with Crippen LogP contribution in [0.25, 0.3) is 0 Å². The largest absolute Gasteiger partial charge is 0.380 e. The molecule has 1 heterocycles. The van der Waals surface area contributed by atoms with Gasteiger partial charge >= 0.3 is 0 Å². The highest BCUT2D eigenvalue weighted by Gasteiger charge is 2.58. The van der Waals surface area contributed by atoms with Crippen molar-refractivity contribution >= 4 is 9.84 Å². The third-order valence-electron chi connectivity index (χ3n) is 3.46. The molecule has 2 fully saturated rings. The van der Waals surface area contributed by atoms with E-state index < -0.39 is 14.6 Å². The molecule has 16 heavy (non-hydrogen) atoms. The minimum atomic E-state index is -3.03. The summed E-state index contributed by atoms with van der Waals surface area (Å²) in [6.45, 7) is 3.90. The van der Waals surface area contributed by atoms with Crippen molar-refractivity contribution in [3.63, 3.8) is 0 Å². The molecule has 1 aliphatic heterocycles. The van der Waals surface area contributed by atoms with Crippen molar-refractivity contribution < 1.29 is 17.9 Å². The van der Waals surface area contributed by atoms with Gasteiger partial charge < -0.3 is 9.47 Å². The highest BCUT2D eigenvalue weighted by atomic mass is 32.2. The molecule has 2 rings (SSSR count). The molecule has 5 heteroatoms. The van der Waals surface area contributed by atoms with E-state index in [-0.39, 0.29) is 5.25 Å². The lowest BCUT2D eigenvalue weighted by molar-refractivity contribution is 0.0401. The molecule has 0 radical (unpaired) electrons. The zero-order valence-electron chi connectivity index (χ0n) is 9.78. The fourth-order valence-corrected chi connectivity index (χ4v) is 4.08. The van der Waals surface area contributed by atoms with Gasteiger partial charge in [-0.15, -0.1) is 0 Å². The number of ether oxygens (including phenoxy) is 2. The molecular formula is C11H20O4S. The van der Waals surface area contributed by atoms with Gasteiger partial charge in [-0.25, -0.2) is 8.42 Å². The summed E-state index contributed by atoms with van der Waals surface area (Å²) in [6, 6.07) is 0. The lowest BCUT2D eigenvalue weighted by Gasteiger charge is -2.30. The minimum Gasteiger partial charge on any atom is -0.380 e. The summed E-state index contributed by atoms with van der Waals surface area (Å²) in [5.74, 6) is 0. The second-order valence-corrected chi connectivity index (χ2v) is 7.42. The van der Waals surface area contributed by atoms with E-state index >= 15 is 0 Å². The number of sulfone groups is 1. The van der Waals surface area contributed by atoms with Gasteiger partial charge in [0.15, 0.2) is 9.84 Å². The Morgan fingerprint density at radius 2 is 2.06 bits per heavy atom. The molecular weight excluding hydrogens is 228 g/mol. The Morgan fingerprint density at radius 1 is 1.38 bits per heavy atom. The van der Waals surface area contributed by atoms with Crippen LogP contribution in [0.5, 0.6) is 0 Å². The fraction of sp³-hybridized carbons (Fsp3) is 1.00. The Kier molecular flexibility index (Phi) is 3.56. The van der Waals surface area contributed by atoms with Crippen LogP contribution in [0.1, 0.15) is 32.6 Å². The molecule has 0 atom stereocenters. The molecule has 0 aromatic rings. The molecule has 0 bridgehead atoms. The highest BCUT2D eigenvalue weighted by Crippen LogP contribution is 2.46. The number of hydrogen-bond acceptors (Lipinski definition) is 4. The standard InChI is InChI=1S/C11H20O4S/c1-2-3-6-14-9-11(4-5-11)16(12,13)10-7-15-8-10/h10H,2-9H2,1H3. The highest BCUT2D eigenvalue weighted by molar-refractivity contribution is 7.93. The lowest BCUT2D eigenvalue weighted by atomic mass is 10.3. The maximum absolute atomic E-state index is 12.2. The topological polar surface area (TPSA) is 52.6 Å². The number of rotatable bonds is 7. The molecule has 0 N–H and O–H groups in total. The predicted molar refractivity (Wildman–Crippen MR) is 61.2 cm³/mol. The van der Waals surface area contributed by atoms with E-state index in [2.05, 4.69) is 6.92 Å². The van der Waals surface area contributed by atoms with Crippen LogP contribution in [0.2, 0.25) is 0 Å². The van der Waals surface area contributed by atoms with Gasteiger partial charge in [-0.2, -0.15) is 0 Å². The molecule has 2 aliphatic rings. The first kappa shape index (κ1) is 12.3. The Hall–Kier alpha value is -0.130. The summed E-state index contributed by atoms with van der Waals surface area (Å²) in [5.41, 5.74) is 0. The number of hydrogen-bond donors (Lipinski definition) is 0. The van der Waals surface area contributed by atoms with Crippen LogP contribution in [0, 0.1) is 0 Å². The average Bonchev–Trinajstić information content (AvgIpc) is 2.90. The maximum atomic E-state index is 12.2. The smallest absolute Gasteiger partial charge is 0.165 e. The van der Waals surface area contributed by atoms with Gasteiger partial charge in [-0.05, 0) is 19.3 Å². The van der Waals surface area contributed by atoms with Gasteiger partial charge in [-0.1, -0.05) is 13.3 Å². The molecule has 0 unspecified atom stereocenters. The molecule has 1 aliphatic carbocycles. The van der Waals surface area contributed by atoms with Crippen LogP contribution >= 0.6 is 0 Å². The van der Waals surface area contributed by atoms with Gasteiger partial charge in [0, 0.05) is 6.61 Å². The summed E-state index contributed by atoms with van der Waals surface area (Å²) < 4.78 is 34.3. The average molecular weight is 248 g/mol. The Labute approximate surface area is 97.2 Å². The van der Waals surface area contributed by atoms with Crippen LogP contribution in [0.4, 0.5) is 0 Å². The van der Waals surface area contributed by atoms with Gasteiger partial charge in [0.2, 0.25) is 0 Å². The van der Waals surface area contributed by atoms with E-state index in [0.29, 0.717) is 26.4 Å². The molecule has 4 nitrogen and oxygen atoms in total. The SMILES string of the molecule is CCCCOCC1(S(=O)(=O)C2COC2)CC1. The molecule has 1 saturated carbocycles. The van der Waals surface area contributed by atoms with E-state index in [1.807, 2.05) is 0 Å². The molecule has 0 amide bonds. The quantitative estimate of drug-likeness (QED) is 0.634. The summed E-state index contributed by atoms with van der Waals surface area (Å²) in [5, 5.41) is -0.273. The molecule has 0 spiro atoms. The van der Waals surface area contributed by atoms with E-state index in [0.717, 1.165) is 25.7 Å². The molecule has 0 aromatic carbocycles. The minimum absolute atomic E-state index is 0.273. The van der Waals surface area contributed by atoms with Gasteiger partial charge in [-0.3, -0.25) is 0 Å². The van der Waals surface area contributed by atoms with E-state index in [9.17, 15) is 8.42 Å². The van der Waals surface area contributed by atoms with E-state index in [4.69, 9.17) is 9.47 Å². The van der Waals surface area contributed by atoms with Crippen molar-refractivity contribution in [3.8, 4) is 0 Å². The molecule has 1 saturated heterocycles. The van der Waals surface area contributed by atoms with Gasteiger partial charge in [0.05, 0.1) is 24.6 Å². The van der Waals surface area contributed by atoms with Gasteiger partial charge in [0.25, 0.3) is 0 Å². The van der Waals surface area contributed by atoms with E-state index in [1.165, 1.54) is 0 Å².